The Hall–Kier alpha value is -3.19. The zero-order chi connectivity index (χ0) is 19.5. The first-order valence-corrected chi connectivity index (χ1v) is 7.06. The van der Waals surface area contributed by atoms with Crippen molar-refractivity contribution in [1.29, 1.82) is 5.26 Å². The third-order valence-electron chi connectivity index (χ3n) is 3.44. The van der Waals surface area contributed by atoms with Crippen molar-refractivity contribution in [3.63, 3.8) is 0 Å². The summed E-state index contributed by atoms with van der Waals surface area (Å²) in [5.41, 5.74) is -4.38. The van der Waals surface area contributed by atoms with Crippen LogP contribution in [0.25, 0.3) is 0 Å². The van der Waals surface area contributed by atoms with Crippen molar-refractivity contribution in [3.05, 3.63) is 60.2 Å². The molecule has 1 aromatic heterocycles. The van der Waals surface area contributed by atoms with E-state index in [1.807, 2.05) is 0 Å². The minimum Gasteiger partial charge on any atom is -0.374 e. The minimum atomic E-state index is -4.80. The highest BCUT2D eigenvalue weighted by atomic mass is 19.4. The second kappa shape index (κ2) is 6.97. The maximum Gasteiger partial charge on any atom is 0.417 e. The Balaban J connectivity index is 2.27. The normalized spacial score (nSPS) is 13.5. The highest BCUT2D eigenvalue weighted by Gasteiger charge is 2.36. The van der Waals surface area contributed by atoms with Gasteiger partial charge in [-0.05, 0) is 24.3 Å². The number of alkyl halides is 3. The standard InChI is InChI=1S/C16H12F4N4O2/c1-2-15(26,9-24-8-11(17)7-22-24)14(25)23-12-4-3-10(6-21)13(5-12)16(18,19)20/h2-5,7-8,26H,1,9H2,(H,23,25). The number of anilines is 1. The summed E-state index contributed by atoms with van der Waals surface area (Å²) in [5.74, 6) is -1.79. The molecule has 0 aliphatic heterocycles. The first-order chi connectivity index (χ1) is 12.1. The molecule has 0 fully saturated rings. The molecular weight excluding hydrogens is 356 g/mol. The fraction of sp³-hybridized carbons (Fsp3) is 0.188. The molecule has 2 rings (SSSR count). The molecule has 0 saturated heterocycles. The van der Waals surface area contributed by atoms with Crippen LogP contribution >= 0.6 is 0 Å². The highest BCUT2D eigenvalue weighted by Crippen LogP contribution is 2.33. The summed E-state index contributed by atoms with van der Waals surface area (Å²) in [5, 5.41) is 24.8. The molecule has 0 aliphatic rings. The van der Waals surface area contributed by atoms with Crippen molar-refractivity contribution >= 4 is 11.6 Å². The van der Waals surface area contributed by atoms with E-state index >= 15 is 0 Å². The lowest BCUT2D eigenvalue weighted by atomic mass is 10.0. The van der Waals surface area contributed by atoms with E-state index in [4.69, 9.17) is 5.26 Å². The van der Waals surface area contributed by atoms with Crippen molar-refractivity contribution in [3.8, 4) is 6.07 Å². The summed E-state index contributed by atoms with van der Waals surface area (Å²) in [6, 6.07) is 3.97. The van der Waals surface area contributed by atoms with Crippen LogP contribution in [0.1, 0.15) is 11.1 Å². The molecule has 2 aromatic rings. The average molecular weight is 368 g/mol. The van der Waals surface area contributed by atoms with Crippen molar-refractivity contribution in [2.24, 2.45) is 0 Å². The number of halogens is 4. The summed E-state index contributed by atoms with van der Waals surface area (Å²) >= 11 is 0. The zero-order valence-electron chi connectivity index (χ0n) is 13.1. The van der Waals surface area contributed by atoms with Gasteiger partial charge in [0.15, 0.2) is 11.4 Å². The quantitative estimate of drug-likeness (QED) is 0.627. The molecule has 0 bridgehead atoms. The number of benzene rings is 1. The van der Waals surface area contributed by atoms with Crippen LogP contribution in [0.5, 0.6) is 0 Å². The third kappa shape index (κ3) is 4.07. The number of aromatic nitrogens is 2. The smallest absolute Gasteiger partial charge is 0.374 e. The molecule has 1 atom stereocenters. The Morgan fingerprint density at radius 2 is 2.15 bits per heavy atom. The predicted octanol–water partition coefficient (Wildman–Crippen LogP) is 2.47. The summed E-state index contributed by atoms with van der Waals surface area (Å²) in [6.45, 7) is 2.81. The van der Waals surface area contributed by atoms with E-state index < -0.39 is 41.2 Å². The van der Waals surface area contributed by atoms with Crippen molar-refractivity contribution < 1.29 is 27.5 Å². The van der Waals surface area contributed by atoms with Gasteiger partial charge in [-0.2, -0.15) is 23.5 Å². The number of hydrogen-bond donors (Lipinski definition) is 2. The van der Waals surface area contributed by atoms with Crippen LogP contribution in [0.2, 0.25) is 0 Å². The molecule has 10 heteroatoms. The third-order valence-corrected chi connectivity index (χ3v) is 3.44. The maximum absolute atomic E-state index is 13.0. The molecule has 1 heterocycles. The fourth-order valence-corrected chi connectivity index (χ4v) is 2.09. The number of nitriles is 1. The number of aliphatic hydroxyl groups is 1. The van der Waals surface area contributed by atoms with Crippen LogP contribution in [0.15, 0.2) is 43.2 Å². The Morgan fingerprint density at radius 1 is 1.46 bits per heavy atom. The largest absolute Gasteiger partial charge is 0.417 e. The monoisotopic (exact) mass is 368 g/mol. The topological polar surface area (TPSA) is 90.9 Å². The molecule has 0 aliphatic carbocycles. The van der Waals surface area contributed by atoms with Crippen molar-refractivity contribution in [2.75, 3.05) is 5.32 Å². The van der Waals surface area contributed by atoms with Crippen LogP contribution in [0, 0.1) is 17.1 Å². The number of rotatable bonds is 5. The van der Waals surface area contributed by atoms with Gasteiger partial charge in [0.05, 0.1) is 36.1 Å². The van der Waals surface area contributed by atoms with Crippen LogP contribution in [-0.2, 0) is 17.5 Å². The number of carbonyl (C=O) groups excluding carboxylic acids is 1. The maximum atomic E-state index is 13.0. The second-order valence-electron chi connectivity index (χ2n) is 5.31. The Morgan fingerprint density at radius 3 is 2.65 bits per heavy atom. The lowest BCUT2D eigenvalue weighted by Crippen LogP contribution is -2.44. The lowest BCUT2D eigenvalue weighted by molar-refractivity contribution is -0.137. The van der Waals surface area contributed by atoms with E-state index in [1.165, 1.54) is 6.07 Å². The molecule has 1 unspecified atom stereocenters. The second-order valence-corrected chi connectivity index (χ2v) is 5.31. The zero-order valence-corrected chi connectivity index (χ0v) is 13.1. The van der Waals surface area contributed by atoms with Gasteiger partial charge in [-0.25, -0.2) is 4.39 Å². The SMILES string of the molecule is C=CC(O)(Cn1cc(F)cn1)C(=O)Nc1ccc(C#N)c(C(F)(F)F)c1. The molecular formula is C16H12F4N4O2. The molecule has 0 spiro atoms. The van der Waals surface area contributed by atoms with E-state index in [-0.39, 0.29) is 5.69 Å². The number of nitrogens with zero attached hydrogens (tertiary/aromatic N) is 3. The van der Waals surface area contributed by atoms with Gasteiger partial charge < -0.3 is 10.4 Å². The van der Waals surface area contributed by atoms with Gasteiger partial charge in [0.2, 0.25) is 0 Å². The first kappa shape index (κ1) is 19.1. The van der Waals surface area contributed by atoms with Gasteiger partial charge in [0, 0.05) is 5.69 Å². The van der Waals surface area contributed by atoms with E-state index in [0.29, 0.717) is 6.07 Å². The lowest BCUT2D eigenvalue weighted by Gasteiger charge is -2.23. The molecule has 0 saturated carbocycles. The summed E-state index contributed by atoms with van der Waals surface area (Å²) in [4.78, 5) is 12.3. The van der Waals surface area contributed by atoms with Crippen LogP contribution in [-0.4, -0.2) is 26.4 Å². The van der Waals surface area contributed by atoms with E-state index in [0.717, 1.165) is 35.3 Å². The van der Waals surface area contributed by atoms with Gasteiger partial charge in [-0.3, -0.25) is 9.48 Å². The highest BCUT2D eigenvalue weighted by molar-refractivity contribution is 5.98. The average Bonchev–Trinajstić information content (AvgIpc) is 2.98. The molecule has 6 nitrogen and oxygen atoms in total. The molecule has 2 N–H and O–H groups in total. The van der Waals surface area contributed by atoms with Gasteiger partial charge >= 0.3 is 6.18 Å². The van der Waals surface area contributed by atoms with Crippen LogP contribution in [0.3, 0.4) is 0 Å². The molecule has 1 amide bonds. The molecule has 136 valence electrons. The fourth-order valence-electron chi connectivity index (χ4n) is 2.09. The number of carbonyl (C=O) groups is 1. The molecule has 26 heavy (non-hydrogen) atoms. The van der Waals surface area contributed by atoms with E-state index in [9.17, 15) is 27.5 Å². The Kier molecular flexibility index (Phi) is 5.13. The Labute approximate surface area is 145 Å². The minimum absolute atomic E-state index is 0.284. The number of amides is 1. The summed E-state index contributed by atoms with van der Waals surface area (Å²) < 4.78 is 52.8. The van der Waals surface area contributed by atoms with Gasteiger partial charge in [-0.1, -0.05) is 6.58 Å². The number of nitrogens with one attached hydrogen (secondary N) is 1. The molecule has 0 radical (unpaired) electrons. The van der Waals surface area contributed by atoms with Crippen molar-refractivity contribution in [1.82, 2.24) is 9.78 Å². The van der Waals surface area contributed by atoms with Crippen LogP contribution < -0.4 is 5.32 Å². The van der Waals surface area contributed by atoms with Crippen molar-refractivity contribution in [2.45, 2.75) is 18.3 Å². The van der Waals surface area contributed by atoms with Gasteiger partial charge in [-0.15, -0.1) is 0 Å². The van der Waals surface area contributed by atoms with Crippen LogP contribution in [0.4, 0.5) is 23.2 Å². The van der Waals surface area contributed by atoms with E-state index in [1.54, 1.807) is 0 Å². The molecule has 1 aromatic carbocycles. The predicted molar refractivity (Wildman–Crippen MR) is 82.1 cm³/mol. The van der Waals surface area contributed by atoms with Gasteiger partial charge in [0.1, 0.15) is 0 Å². The van der Waals surface area contributed by atoms with Gasteiger partial charge in [0.25, 0.3) is 5.91 Å². The summed E-state index contributed by atoms with van der Waals surface area (Å²) in [7, 11) is 0. The number of hydrogen-bond acceptors (Lipinski definition) is 4. The first-order valence-electron chi connectivity index (χ1n) is 7.06. The Bertz CT molecular complexity index is 885. The van der Waals surface area contributed by atoms with E-state index in [2.05, 4.69) is 17.0 Å². The summed E-state index contributed by atoms with van der Waals surface area (Å²) in [6.07, 6.45) is -2.16.